The molecule has 0 amide bonds. The van der Waals surface area contributed by atoms with Crippen LogP contribution in [-0.2, 0) is 13.6 Å². The fourth-order valence-electron chi connectivity index (χ4n) is 1.39. The number of rotatable bonds is 1. The Bertz CT molecular complexity index is 408. The molecule has 0 aliphatic rings. The van der Waals surface area contributed by atoms with Crippen LogP contribution in [0.25, 0.3) is 10.9 Å². The van der Waals surface area contributed by atoms with E-state index in [4.69, 9.17) is 5.73 Å². The van der Waals surface area contributed by atoms with Gasteiger partial charge in [-0.2, -0.15) is 5.10 Å². The lowest BCUT2D eigenvalue weighted by molar-refractivity contribution is 0.778. The summed E-state index contributed by atoms with van der Waals surface area (Å²) in [5, 5.41) is 5.47. The van der Waals surface area contributed by atoms with E-state index in [1.54, 1.807) is 0 Å². The molecule has 0 bridgehead atoms. The van der Waals surface area contributed by atoms with Gasteiger partial charge >= 0.3 is 0 Å². The first-order valence-electron chi connectivity index (χ1n) is 3.92. The average Bonchev–Trinajstić information content (AvgIpc) is 2.44. The highest BCUT2D eigenvalue weighted by Gasteiger charge is 2.01. The Balaban J connectivity index is 0.000000845. The maximum Gasteiger partial charge on any atom is 0.0967 e. The van der Waals surface area contributed by atoms with Crippen molar-refractivity contribution in [3.8, 4) is 0 Å². The van der Waals surface area contributed by atoms with Gasteiger partial charge in [-0.25, -0.2) is 0 Å². The summed E-state index contributed by atoms with van der Waals surface area (Å²) in [6.07, 6.45) is 1.99. The quantitative estimate of drug-likeness (QED) is 0.752. The van der Waals surface area contributed by atoms with Gasteiger partial charge in [-0.3, -0.25) is 4.68 Å². The highest BCUT2D eigenvalue weighted by atomic mass is 35.5. The van der Waals surface area contributed by atoms with Gasteiger partial charge in [0.1, 0.15) is 0 Å². The lowest BCUT2D eigenvalue weighted by Gasteiger charge is -1.95. The molecule has 0 aliphatic carbocycles. The number of nitrogens with zero attached hydrogens (tertiary/aromatic N) is 2. The predicted octanol–water partition coefficient (Wildman–Crippen LogP) is 1.45. The second kappa shape index (κ2) is 3.77. The zero-order chi connectivity index (χ0) is 8.55. The highest BCUT2D eigenvalue weighted by Crippen LogP contribution is 2.15. The fourth-order valence-corrected chi connectivity index (χ4v) is 1.39. The molecule has 3 nitrogen and oxygen atoms in total. The molecule has 0 saturated heterocycles. The minimum atomic E-state index is 0. The van der Waals surface area contributed by atoms with Crippen molar-refractivity contribution in [1.82, 2.24) is 9.78 Å². The summed E-state index contributed by atoms with van der Waals surface area (Å²) in [6, 6.07) is 6.06. The Labute approximate surface area is 82.9 Å². The smallest absolute Gasteiger partial charge is 0.0967 e. The summed E-state index contributed by atoms with van der Waals surface area (Å²) in [7, 11) is 1.92. The van der Waals surface area contributed by atoms with E-state index < -0.39 is 0 Å². The summed E-state index contributed by atoms with van der Waals surface area (Å²) >= 11 is 0. The maximum absolute atomic E-state index is 5.58. The topological polar surface area (TPSA) is 43.8 Å². The molecule has 0 radical (unpaired) electrons. The van der Waals surface area contributed by atoms with Gasteiger partial charge in [0.2, 0.25) is 0 Å². The number of nitrogens with two attached hydrogens (primary N) is 1. The van der Waals surface area contributed by atoms with Crippen molar-refractivity contribution in [2.24, 2.45) is 12.8 Å². The molecule has 2 rings (SSSR count). The number of hydrogen-bond acceptors (Lipinski definition) is 2. The molecule has 2 aromatic rings. The van der Waals surface area contributed by atoms with E-state index >= 15 is 0 Å². The van der Waals surface area contributed by atoms with Crippen LogP contribution in [0, 0.1) is 0 Å². The van der Waals surface area contributed by atoms with Crippen LogP contribution in [0.2, 0.25) is 0 Å². The molecule has 0 saturated carbocycles. The standard InChI is InChI=1S/C9H11N3.ClH/c1-12-6-8-4-2-3-7(5-10)9(8)11-12;/h2-4,6H,5,10H2,1H3;1H. The average molecular weight is 198 g/mol. The maximum atomic E-state index is 5.58. The SMILES string of the molecule is Cl.Cn1cc2cccc(CN)c2n1. The third-order valence-corrected chi connectivity index (χ3v) is 1.95. The van der Waals surface area contributed by atoms with Crippen LogP contribution >= 0.6 is 12.4 Å². The molecule has 0 unspecified atom stereocenters. The number of aromatic nitrogens is 2. The van der Waals surface area contributed by atoms with E-state index in [1.807, 2.05) is 36.1 Å². The molecule has 1 aromatic heterocycles. The first kappa shape index (κ1) is 10.0. The van der Waals surface area contributed by atoms with E-state index in [0.29, 0.717) is 6.54 Å². The Morgan fingerprint density at radius 3 is 2.92 bits per heavy atom. The molecule has 70 valence electrons. The van der Waals surface area contributed by atoms with Crippen LogP contribution in [0.1, 0.15) is 5.56 Å². The second-order valence-corrected chi connectivity index (χ2v) is 2.86. The van der Waals surface area contributed by atoms with Gasteiger partial charge < -0.3 is 5.73 Å². The van der Waals surface area contributed by atoms with Gasteiger partial charge in [0.25, 0.3) is 0 Å². The predicted molar refractivity (Wildman–Crippen MR) is 55.9 cm³/mol. The monoisotopic (exact) mass is 197 g/mol. The Kier molecular flexibility index (Phi) is 2.90. The number of benzene rings is 1. The lowest BCUT2D eigenvalue weighted by atomic mass is 10.1. The van der Waals surface area contributed by atoms with E-state index in [9.17, 15) is 0 Å². The van der Waals surface area contributed by atoms with Crippen molar-refractivity contribution >= 4 is 23.3 Å². The van der Waals surface area contributed by atoms with Crippen LogP contribution in [0.3, 0.4) is 0 Å². The van der Waals surface area contributed by atoms with E-state index in [2.05, 4.69) is 5.10 Å². The van der Waals surface area contributed by atoms with Gasteiger partial charge in [0.05, 0.1) is 5.52 Å². The summed E-state index contributed by atoms with van der Waals surface area (Å²) in [5.74, 6) is 0. The van der Waals surface area contributed by atoms with Crippen molar-refractivity contribution in [1.29, 1.82) is 0 Å². The van der Waals surface area contributed by atoms with Crippen LogP contribution in [0.5, 0.6) is 0 Å². The minimum Gasteiger partial charge on any atom is -0.326 e. The molecule has 0 fully saturated rings. The molecule has 4 heteroatoms. The van der Waals surface area contributed by atoms with Crippen molar-refractivity contribution in [2.45, 2.75) is 6.54 Å². The fraction of sp³-hybridized carbons (Fsp3) is 0.222. The van der Waals surface area contributed by atoms with Crippen LogP contribution in [0.4, 0.5) is 0 Å². The van der Waals surface area contributed by atoms with Crippen LogP contribution in [-0.4, -0.2) is 9.78 Å². The molecular weight excluding hydrogens is 186 g/mol. The molecule has 0 atom stereocenters. The normalized spacial score (nSPS) is 10.0. The zero-order valence-corrected chi connectivity index (χ0v) is 8.21. The molecule has 1 aromatic carbocycles. The van der Waals surface area contributed by atoms with Crippen LogP contribution in [0.15, 0.2) is 24.4 Å². The van der Waals surface area contributed by atoms with E-state index in [0.717, 1.165) is 16.5 Å². The number of fused-ring (bicyclic) bond motifs is 1. The van der Waals surface area contributed by atoms with Gasteiger partial charge in [-0.15, -0.1) is 12.4 Å². The summed E-state index contributed by atoms with van der Waals surface area (Å²) in [6.45, 7) is 0.550. The molecular formula is C9H12ClN3. The second-order valence-electron chi connectivity index (χ2n) is 2.86. The summed E-state index contributed by atoms with van der Waals surface area (Å²) < 4.78 is 1.81. The first-order chi connectivity index (χ1) is 5.81. The van der Waals surface area contributed by atoms with Crippen molar-refractivity contribution < 1.29 is 0 Å². The van der Waals surface area contributed by atoms with Crippen molar-refractivity contribution in [3.63, 3.8) is 0 Å². The summed E-state index contributed by atoms with van der Waals surface area (Å²) in [5.41, 5.74) is 7.70. The zero-order valence-electron chi connectivity index (χ0n) is 7.40. The van der Waals surface area contributed by atoms with Gasteiger partial charge in [0.15, 0.2) is 0 Å². The number of halogens is 1. The molecule has 2 N–H and O–H groups in total. The Morgan fingerprint density at radius 1 is 1.46 bits per heavy atom. The van der Waals surface area contributed by atoms with Crippen LogP contribution < -0.4 is 5.73 Å². The van der Waals surface area contributed by atoms with Crippen molar-refractivity contribution in [2.75, 3.05) is 0 Å². The number of aryl methyl sites for hydroxylation is 1. The summed E-state index contributed by atoms with van der Waals surface area (Å²) in [4.78, 5) is 0. The van der Waals surface area contributed by atoms with Crippen molar-refractivity contribution in [3.05, 3.63) is 30.0 Å². The molecule has 0 spiro atoms. The Hall–Kier alpha value is -1.06. The molecule has 1 heterocycles. The Morgan fingerprint density at radius 2 is 2.23 bits per heavy atom. The van der Waals surface area contributed by atoms with E-state index in [1.165, 1.54) is 0 Å². The number of hydrogen-bond donors (Lipinski definition) is 1. The lowest BCUT2D eigenvalue weighted by Crippen LogP contribution is -1.97. The molecule has 13 heavy (non-hydrogen) atoms. The van der Waals surface area contributed by atoms with Gasteiger partial charge in [-0.05, 0) is 5.56 Å². The highest BCUT2D eigenvalue weighted by molar-refractivity contribution is 5.85. The first-order valence-corrected chi connectivity index (χ1v) is 3.92. The third kappa shape index (κ3) is 1.66. The largest absolute Gasteiger partial charge is 0.326 e. The van der Waals surface area contributed by atoms with Gasteiger partial charge in [-0.1, -0.05) is 18.2 Å². The minimum absolute atomic E-state index is 0. The third-order valence-electron chi connectivity index (χ3n) is 1.95. The molecule has 0 aliphatic heterocycles. The van der Waals surface area contributed by atoms with E-state index in [-0.39, 0.29) is 12.4 Å². The van der Waals surface area contributed by atoms with Gasteiger partial charge in [0, 0.05) is 25.2 Å².